The van der Waals surface area contributed by atoms with Gasteiger partial charge in [0.15, 0.2) is 0 Å². The molecule has 1 aromatic heterocycles. The van der Waals surface area contributed by atoms with Crippen LogP contribution in [0.5, 0.6) is 5.75 Å². The van der Waals surface area contributed by atoms with Crippen LogP contribution in [0.2, 0.25) is 0 Å². The number of benzene rings is 1. The van der Waals surface area contributed by atoms with Crippen LogP contribution in [0.3, 0.4) is 0 Å². The van der Waals surface area contributed by atoms with Crippen LogP contribution in [0.1, 0.15) is 25.7 Å². The summed E-state index contributed by atoms with van der Waals surface area (Å²) < 4.78 is 5.20. The lowest BCUT2D eigenvalue weighted by atomic mass is 10.2. The minimum atomic E-state index is -0.509. The van der Waals surface area contributed by atoms with Gasteiger partial charge in [-0.05, 0) is 25.0 Å². The van der Waals surface area contributed by atoms with E-state index in [-0.39, 0.29) is 23.3 Å². The number of anilines is 4. The van der Waals surface area contributed by atoms with E-state index >= 15 is 0 Å². The highest BCUT2D eigenvalue weighted by Gasteiger charge is 2.27. The molecule has 0 aliphatic carbocycles. The molecule has 1 fully saturated rings. The summed E-state index contributed by atoms with van der Waals surface area (Å²) in [5, 5.41) is 14.6. The lowest BCUT2D eigenvalue weighted by Gasteiger charge is -2.22. The first-order chi connectivity index (χ1) is 12.6. The Labute approximate surface area is 151 Å². The average molecular weight is 358 g/mol. The van der Waals surface area contributed by atoms with Gasteiger partial charge in [0, 0.05) is 24.8 Å². The number of nitrogens with zero attached hydrogens (tertiary/aromatic N) is 4. The molecule has 1 aliphatic rings. The molecule has 0 saturated carbocycles. The summed E-state index contributed by atoms with van der Waals surface area (Å²) in [5.41, 5.74) is 6.37. The second-order valence-electron chi connectivity index (χ2n) is 6.12. The number of ether oxygens (including phenoxy) is 1. The molecule has 0 bridgehead atoms. The van der Waals surface area contributed by atoms with E-state index in [1.165, 1.54) is 0 Å². The summed E-state index contributed by atoms with van der Waals surface area (Å²) in [6.07, 6.45) is 4.17. The highest BCUT2D eigenvalue weighted by atomic mass is 16.6. The molecule has 2 heterocycles. The molecular formula is C17H22N6O3. The molecule has 1 aromatic carbocycles. The molecule has 0 radical (unpaired) electrons. The molecule has 3 rings (SSSR count). The average Bonchev–Trinajstić information content (AvgIpc) is 2.90. The molecule has 0 amide bonds. The number of hydrogen-bond donors (Lipinski definition) is 2. The maximum Gasteiger partial charge on any atom is 0.353 e. The van der Waals surface area contributed by atoms with Crippen LogP contribution in [0.4, 0.5) is 29.0 Å². The molecule has 9 nitrogen and oxygen atoms in total. The standard InChI is InChI=1S/C17H22N6O3/c1-26-13-8-6-7-12(11-13)19-17-20-15(18)14(23(24)25)16(21-17)22-9-4-2-3-5-10-22/h6-8,11H,2-5,9-10H2,1H3,(H3,18,19,20,21). The van der Waals surface area contributed by atoms with E-state index < -0.39 is 4.92 Å². The van der Waals surface area contributed by atoms with E-state index in [4.69, 9.17) is 10.5 Å². The summed E-state index contributed by atoms with van der Waals surface area (Å²) >= 11 is 0. The Hall–Kier alpha value is -3.10. The molecule has 0 unspecified atom stereocenters. The van der Waals surface area contributed by atoms with Crippen molar-refractivity contribution < 1.29 is 9.66 Å². The topological polar surface area (TPSA) is 119 Å². The van der Waals surface area contributed by atoms with E-state index in [9.17, 15) is 10.1 Å². The van der Waals surface area contributed by atoms with Crippen molar-refractivity contribution in [3.8, 4) is 5.75 Å². The van der Waals surface area contributed by atoms with E-state index in [2.05, 4.69) is 15.3 Å². The maximum absolute atomic E-state index is 11.5. The number of nitro groups is 1. The van der Waals surface area contributed by atoms with Gasteiger partial charge in [-0.2, -0.15) is 9.97 Å². The summed E-state index contributed by atoms with van der Waals surface area (Å²) in [6, 6.07) is 7.26. The number of hydrogen-bond acceptors (Lipinski definition) is 8. The van der Waals surface area contributed by atoms with Crippen molar-refractivity contribution in [3.05, 3.63) is 34.4 Å². The fourth-order valence-corrected chi connectivity index (χ4v) is 3.02. The predicted octanol–water partition coefficient (Wildman–Crippen LogP) is 3.10. The van der Waals surface area contributed by atoms with Crippen molar-refractivity contribution >= 4 is 29.0 Å². The minimum absolute atomic E-state index is 0.144. The number of aromatic nitrogens is 2. The van der Waals surface area contributed by atoms with E-state index in [0.717, 1.165) is 38.8 Å². The second-order valence-corrected chi connectivity index (χ2v) is 6.12. The number of nitrogen functional groups attached to an aromatic ring is 1. The van der Waals surface area contributed by atoms with Crippen molar-refractivity contribution in [3.63, 3.8) is 0 Å². The van der Waals surface area contributed by atoms with Crippen LogP contribution >= 0.6 is 0 Å². The fourth-order valence-electron chi connectivity index (χ4n) is 3.02. The van der Waals surface area contributed by atoms with Crippen molar-refractivity contribution in [2.24, 2.45) is 0 Å². The summed E-state index contributed by atoms with van der Waals surface area (Å²) in [5.74, 6) is 1.03. The Morgan fingerprint density at radius 1 is 1.23 bits per heavy atom. The smallest absolute Gasteiger partial charge is 0.353 e. The van der Waals surface area contributed by atoms with Gasteiger partial charge in [0.05, 0.1) is 12.0 Å². The number of methoxy groups -OCH3 is 1. The predicted molar refractivity (Wildman–Crippen MR) is 100 cm³/mol. The van der Waals surface area contributed by atoms with E-state index in [0.29, 0.717) is 11.4 Å². The van der Waals surface area contributed by atoms with Crippen LogP contribution in [0.15, 0.2) is 24.3 Å². The zero-order valence-electron chi connectivity index (χ0n) is 14.6. The third-order valence-corrected chi connectivity index (χ3v) is 4.31. The van der Waals surface area contributed by atoms with Crippen molar-refractivity contribution in [1.82, 2.24) is 9.97 Å². The molecule has 9 heteroatoms. The quantitative estimate of drug-likeness (QED) is 0.618. The van der Waals surface area contributed by atoms with Gasteiger partial charge in [0.2, 0.25) is 17.6 Å². The monoisotopic (exact) mass is 358 g/mol. The third-order valence-electron chi connectivity index (χ3n) is 4.31. The van der Waals surface area contributed by atoms with Crippen LogP contribution in [-0.4, -0.2) is 35.1 Å². The van der Waals surface area contributed by atoms with E-state index in [1.54, 1.807) is 13.2 Å². The van der Waals surface area contributed by atoms with Crippen LogP contribution < -0.4 is 20.7 Å². The summed E-state index contributed by atoms with van der Waals surface area (Å²) in [6.45, 7) is 1.44. The first-order valence-electron chi connectivity index (χ1n) is 8.56. The lowest BCUT2D eigenvalue weighted by Crippen LogP contribution is -2.26. The van der Waals surface area contributed by atoms with E-state index in [1.807, 2.05) is 23.1 Å². The molecule has 0 atom stereocenters. The summed E-state index contributed by atoms with van der Waals surface area (Å²) in [7, 11) is 1.58. The Kier molecular flexibility index (Phi) is 5.35. The molecule has 2 aromatic rings. The van der Waals surface area contributed by atoms with Gasteiger partial charge < -0.3 is 20.7 Å². The van der Waals surface area contributed by atoms with Crippen LogP contribution in [0.25, 0.3) is 0 Å². The molecule has 1 aliphatic heterocycles. The van der Waals surface area contributed by atoms with Crippen LogP contribution in [0, 0.1) is 10.1 Å². The van der Waals surface area contributed by atoms with Gasteiger partial charge >= 0.3 is 5.69 Å². The van der Waals surface area contributed by atoms with Gasteiger partial charge in [-0.3, -0.25) is 10.1 Å². The molecule has 3 N–H and O–H groups in total. The summed E-state index contributed by atoms with van der Waals surface area (Å²) in [4.78, 5) is 21.4. The Bertz CT molecular complexity index is 790. The number of nitrogens with one attached hydrogen (secondary N) is 1. The van der Waals surface area contributed by atoms with Crippen molar-refractivity contribution in [2.45, 2.75) is 25.7 Å². The molecule has 26 heavy (non-hydrogen) atoms. The number of nitrogens with two attached hydrogens (primary N) is 1. The third kappa shape index (κ3) is 3.93. The highest BCUT2D eigenvalue weighted by Crippen LogP contribution is 2.34. The molecule has 138 valence electrons. The van der Waals surface area contributed by atoms with Crippen LogP contribution in [-0.2, 0) is 0 Å². The Morgan fingerprint density at radius 3 is 2.62 bits per heavy atom. The van der Waals surface area contributed by atoms with Gasteiger partial charge in [-0.25, -0.2) is 0 Å². The SMILES string of the molecule is COc1cccc(Nc2nc(N)c([N+](=O)[O-])c(N3CCCCCC3)n2)c1. The fraction of sp³-hybridized carbons (Fsp3) is 0.412. The Morgan fingerprint density at radius 2 is 1.96 bits per heavy atom. The van der Waals surface area contributed by atoms with Gasteiger partial charge in [0.25, 0.3) is 0 Å². The molecular weight excluding hydrogens is 336 g/mol. The largest absolute Gasteiger partial charge is 0.497 e. The normalized spacial score (nSPS) is 14.6. The van der Waals surface area contributed by atoms with Gasteiger partial charge in [0.1, 0.15) is 5.75 Å². The zero-order valence-corrected chi connectivity index (χ0v) is 14.6. The first-order valence-corrected chi connectivity index (χ1v) is 8.56. The minimum Gasteiger partial charge on any atom is -0.497 e. The molecule has 1 saturated heterocycles. The highest BCUT2D eigenvalue weighted by molar-refractivity contribution is 5.72. The maximum atomic E-state index is 11.5. The Balaban J connectivity index is 1.97. The zero-order chi connectivity index (χ0) is 18.5. The van der Waals surface area contributed by atoms with Crippen molar-refractivity contribution in [2.75, 3.05) is 36.1 Å². The molecule has 0 spiro atoms. The van der Waals surface area contributed by atoms with Gasteiger partial charge in [-0.1, -0.05) is 18.9 Å². The first kappa shape index (κ1) is 17.7. The van der Waals surface area contributed by atoms with Crippen molar-refractivity contribution in [1.29, 1.82) is 0 Å². The second kappa shape index (κ2) is 7.85. The lowest BCUT2D eigenvalue weighted by molar-refractivity contribution is -0.383. The van der Waals surface area contributed by atoms with Gasteiger partial charge in [-0.15, -0.1) is 0 Å². The number of rotatable bonds is 5.